The molecule has 0 unspecified atom stereocenters. The minimum Gasteiger partial charge on any atom is -0.310 e. The van der Waals surface area contributed by atoms with Crippen molar-refractivity contribution in [2.24, 2.45) is 0 Å². The largest absolute Gasteiger partial charge is 0.310 e. The summed E-state index contributed by atoms with van der Waals surface area (Å²) in [5.74, 6) is 0. The van der Waals surface area contributed by atoms with Gasteiger partial charge < -0.3 is 13.7 Å². The lowest BCUT2D eigenvalue weighted by atomic mass is 9.84. The molecule has 0 spiro atoms. The second kappa shape index (κ2) is 10.3. The molecule has 4 aromatic heterocycles. The fraction of sp³-hybridized carbons (Fsp3) is 0.160. The molecule has 0 bridgehead atoms. The van der Waals surface area contributed by atoms with Crippen LogP contribution < -0.4 is 4.90 Å². The van der Waals surface area contributed by atoms with Crippen molar-refractivity contribution in [2.75, 3.05) is 4.90 Å². The summed E-state index contributed by atoms with van der Waals surface area (Å²) < 4.78 is 5.14. The van der Waals surface area contributed by atoms with Gasteiger partial charge in [-0.3, -0.25) is 0 Å². The number of anilines is 3. The molecule has 0 aliphatic rings. The highest BCUT2D eigenvalue weighted by Gasteiger charge is 2.29. The predicted octanol–water partition coefficient (Wildman–Crippen LogP) is 14.1. The van der Waals surface area contributed by atoms with Crippen molar-refractivity contribution in [3.8, 4) is 0 Å². The second-order valence-corrected chi connectivity index (χ2v) is 17.1. The van der Waals surface area contributed by atoms with E-state index in [4.69, 9.17) is 0 Å². The van der Waals surface area contributed by atoms with E-state index in [0.29, 0.717) is 0 Å². The van der Waals surface area contributed by atoms with Crippen LogP contribution in [-0.4, -0.2) is 8.80 Å². The molecule has 4 heterocycles. The minimum absolute atomic E-state index is 0.0167. The van der Waals surface area contributed by atoms with Crippen LogP contribution in [0.2, 0.25) is 0 Å². The highest BCUT2D eigenvalue weighted by atomic mass is 15.1. The molecule has 0 atom stereocenters. The fourth-order valence-corrected chi connectivity index (χ4v) is 9.27. The Labute approximate surface area is 309 Å². The van der Waals surface area contributed by atoms with E-state index in [0.717, 1.165) is 11.4 Å². The van der Waals surface area contributed by atoms with Gasteiger partial charge in [0.2, 0.25) is 0 Å². The van der Waals surface area contributed by atoms with Gasteiger partial charge in [0.25, 0.3) is 0 Å². The third kappa shape index (κ3) is 4.05. The third-order valence-corrected chi connectivity index (χ3v) is 11.8. The minimum atomic E-state index is 0.0167. The summed E-state index contributed by atoms with van der Waals surface area (Å²) in [6, 6.07) is 52.2. The van der Waals surface area contributed by atoms with Crippen molar-refractivity contribution < 1.29 is 0 Å². The zero-order chi connectivity index (χ0) is 36.0. The van der Waals surface area contributed by atoms with Crippen LogP contribution in [-0.2, 0) is 10.8 Å². The summed E-state index contributed by atoms with van der Waals surface area (Å²) in [4.78, 5) is 2.42. The number of hydrogen-bond acceptors (Lipinski definition) is 1. The first-order valence-corrected chi connectivity index (χ1v) is 18.9. The Balaban J connectivity index is 1.34. The molecule has 11 aromatic rings. The molecule has 53 heavy (non-hydrogen) atoms. The molecule has 3 heteroatoms. The van der Waals surface area contributed by atoms with Gasteiger partial charge in [-0.1, -0.05) is 108 Å². The highest BCUT2D eigenvalue weighted by Crippen LogP contribution is 2.51. The molecule has 0 N–H and O–H groups in total. The number of aromatic nitrogens is 2. The molecule has 7 aromatic carbocycles. The molecular weight excluding hydrogens is 643 g/mol. The summed E-state index contributed by atoms with van der Waals surface area (Å²) >= 11 is 0. The molecule has 0 aliphatic heterocycles. The molecule has 0 aliphatic carbocycles. The van der Waals surface area contributed by atoms with Crippen molar-refractivity contribution in [3.05, 3.63) is 151 Å². The smallest absolute Gasteiger partial charge is 0.0642 e. The maximum absolute atomic E-state index is 2.60. The van der Waals surface area contributed by atoms with E-state index in [9.17, 15) is 0 Å². The van der Waals surface area contributed by atoms with E-state index in [1.165, 1.54) is 93.0 Å². The van der Waals surface area contributed by atoms with Crippen molar-refractivity contribution in [1.29, 1.82) is 0 Å². The van der Waals surface area contributed by atoms with E-state index in [1.807, 2.05) is 0 Å². The summed E-state index contributed by atoms with van der Waals surface area (Å²) in [5, 5.41) is 10.5. The molecular formula is C50H41N3. The van der Waals surface area contributed by atoms with Crippen LogP contribution >= 0.6 is 0 Å². The van der Waals surface area contributed by atoms with E-state index in [2.05, 4.69) is 195 Å². The summed E-state index contributed by atoms with van der Waals surface area (Å²) in [5.41, 5.74) is 14.0. The van der Waals surface area contributed by atoms with E-state index in [-0.39, 0.29) is 10.8 Å². The van der Waals surface area contributed by atoms with Crippen LogP contribution in [0.5, 0.6) is 0 Å². The number of rotatable bonds is 3. The van der Waals surface area contributed by atoms with Gasteiger partial charge in [0.1, 0.15) is 0 Å². The van der Waals surface area contributed by atoms with Gasteiger partial charge in [-0.25, -0.2) is 0 Å². The first-order chi connectivity index (χ1) is 25.6. The van der Waals surface area contributed by atoms with Crippen LogP contribution in [0.25, 0.3) is 76.2 Å². The highest BCUT2D eigenvalue weighted by molar-refractivity contribution is 6.35. The number of fused-ring (bicyclic) bond motifs is 13. The Hall–Kier alpha value is -6.06. The molecule has 256 valence electrons. The zero-order valence-corrected chi connectivity index (χ0v) is 31.1. The Morgan fingerprint density at radius 1 is 0.377 bits per heavy atom. The average molecular weight is 684 g/mol. The molecule has 0 saturated carbocycles. The quantitative estimate of drug-likeness (QED) is 0.180. The Bertz CT molecular complexity index is 3180. The molecule has 3 nitrogen and oxygen atoms in total. The van der Waals surface area contributed by atoms with E-state index >= 15 is 0 Å². The molecule has 0 radical (unpaired) electrons. The van der Waals surface area contributed by atoms with Gasteiger partial charge in [-0.05, 0) is 94.8 Å². The van der Waals surface area contributed by atoms with Crippen molar-refractivity contribution >= 4 is 93.3 Å². The zero-order valence-electron chi connectivity index (χ0n) is 31.1. The first-order valence-electron chi connectivity index (χ1n) is 18.9. The van der Waals surface area contributed by atoms with Crippen molar-refractivity contribution in [3.63, 3.8) is 0 Å². The van der Waals surface area contributed by atoms with Gasteiger partial charge in [0.15, 0.2) is 0 Å². The number of hydrogen-bond donors (Lipinski definition) is 0. The molecule has 0 saturated heterocycles. The van der Waals surface area contributed by atoms with Gasteiger partial charge in [0.05, 0.1) is 38.8 Å². The first kappa shape index (κ1) is 30.6. The predicted molar refractivity (Wildman–Crippen MR) is 228 cm³/mol. The summed E-state index contributed by atoms with van der Waals surface area (Å²) in [7, 11) is 0. The monoisotopic (exact) mass is 683 g/mol. The van der Waals surface area contributed by atoms with E-state index < -0.39 is 0 Å². The van der Waals surface area contributed by atoms with Crippen LogP contribution in [0, 0.1) is 0 Å². The molecule has 0 amide bonds. The van der Waals surface area contributed by atoms with Crippen molar-refractivity contribution in [2.45, 2.75) is 52.4 Å². The number of para-hydroxylation sites is 3. The van der Waals surface area contributed by atoms with Gasteiger partial charge >= 0.3 is 0 Å². The second-order valence-electron chi connectivity index (χ2n) is 17.1. The maximum atomic E-state index is 2.60. The Kier molecular flexibility index (Phi) is 5.93. The van der Waals surface area contributed by atoms with Gasteiger partial charge in [-0.2, -0.15) is 0 Å². The van der Waals surface area contributed by atoms with Gasteiger partial charge in [0, 0.05) is 54.5 Å². The molecule has 11 rings (SSSR count). The maximum Gasteiger partial charge on any atom is 0.0642 e. The number of nitrogens with zero attached hydrogens (tertiary/aromatic N) is 3. The average Bonchev–Trinajstić information content (AvgIpc) is 3.88. The normalized spacial score (nSPS) is 13.1. The topological polar surface area (TPSA) is 12.1 Å². The summed E-state index contributed by atoms with van der Waals surface area (Å²) in [6.07, 6.45) is 0. The number of benzene rings is 7. The third-order valence-electron chi connectivity index (χ3n) is 11.8. The van der Waals surface area contributed by atoms with E-state index in [1.54, 1.807) is 0 Å². The summed E-state index contributed by atoms with van der Waals surface area (Å²) in [6.45, 7) is 14.0. The van der Waals surface area contributed by atoms with Crippen LogP contribution in [0.3, 0.4) is 0 Å². The van der Waals surface area contributed by atoms with Crippen LogP contribution in [0.1, 0.15) is 52.7 Å². The standard InChI is InChI=1S/C50H41N3/c1-49(2,3)30-21-24-41-37(27-30)39-29-31(50(4,5)6)28-38-34-22-25-43-45(47(34)53(41)46(38)39)36-23-26-42(44-35-19-13-14-20-40(35)52(43)48(36)44)51(32-15-9-7-10-16-32)33-17-11-8-12-18-33/h7-29H,1-6H3. The van der Waals surface area contributed by atoms with Crippen LogP contribution in [0.15, 0.2) is 140 Å². The lowest BCUT2D eigenvalue weighted by Crippen LogP contribution is -2.11. The fourth-order valence-electron chi connectivity index (χ4n) is 9.27. The lowest BCUT2D eigenvalue weighted by molar-refractivity contribution is 0.590. The van der Waals surface area contributed by atoms with Crippen LogP contribution in [0.4, 0.5) is 17.1 Å². The Morgan fingerprint density at radius 2 is 0.925 bits per heavy atom. The van der Waals surface area contributed by atoms with Crippen molar-refractivity contribution in [1.82, 2.24) is 8.80 Å². The van der Waals surface area contributed by atoms with Gasteiger partial charge in [-0.15, -0.1) is 0 Å². The SMILES string of the molecule is CC(C)(C)c1ccc2c(c1)c1cc(C(C)(C)C)cc3c4ccc5c(c6ccc(N(c7ccccc7)c7ccccc7)c7c8ccccc8n5c67)c4n2c13. The Morgan fingerprint density at radius 3 is 1.60 bits per heavy atom. The molecule has 0 fully saturated rings. The lowest BCUT2D eigenvalue weighted by Gasteiger charge is -2.26.